The number of carbonyl (C=O) groups excluding carboxylic acids is 3. The third-order valence-corrected chi connectivity index (χ3v) is 6.69. The van der Waals surface area contributed by atoms with E-state index in [1.54, 1.807) is 18.1 Å². The molecule has 0 spiro atoms. The van der Waals surface area contributed by atoms with Crippen molar-refractivity contribution in [3.63, 3.8) is 0 Å². The van der Waals surface area contributed by atoms with Gasteiger partial charge in [0.05, 0.1) is 19.6 Å². The number of hydrogen-bond donors (Lipinski definition) is 1. The van der Waals surface area contributed by atoms with Crippen LogP contribution in [0.4, 0.5) is 5.82 Å². The molecule has 1 aromatic rings. The Morgan fingerprint density at radius 3 is 2.68 bits per heavy atom. The van der Waals surface area contributed by atoms with Gasteiger partial charge in [-0.1, -0.05) is 32.3 Å². The highest BCUT2D eigenvalue weighted by Crippen LogP contribution is 2.25. The number of aromatic nitrogens is 1. The van der Waals surface area contributed by atoms with Gasteiger partial charge in [-0.05, 0) is 25.3 Å². The van der Waals surface area contributed by atoms with E-state index < -0.39 is 12.0 Å². The van der Waals surface area contributed by atoms with E-state index in [0.717, 1.165) is 31.5 Å². The number of nitrogens with zero attached hydrogens (tertiary/aromatic N) is 5. The number of unbranched alkanes of at least 4 members (excludes halogenated alkanes) is 2. The van der Waals surface area contributed by atoms with E-state index in [1.165, 1.54) is 0 Å². The standard InChI is InChI=1S/C24H37N5O5/c1-3-4-5-8-19(17-28(33)18-30)23(31)29-12-7-9-20(29)24(32)27-15-13-26(14-16-27)21-10-6-11-22(25-21)34-2/h6,10-11,18-20,33H,3-5,7-9,12-17H2,1-2H3/t19-,20+/m1/s1. The summed E-state index contributed by atoms with van der Waals surface area (Å²) in [6.07, 6.45) is 5.15. The third-order valence-electron chi connectivity index (χ3n) is 6.69. The number of ether oxygens (including phenoxy) is 1. The van der Waals surface area contributed by atoms with Crippen molar-refractivity contribution in [3.8, 4) is 5.88 Å². The molecule has 2 atom stereocenters. The van der Waals surface area contributed by atoms with Crippen molar-refractivity contribution >= 4 is 24.0 Å². The third kappa shape index (κ3) is 6.37. The Morgan fingerprint density at radius 2 is 2.00 bits per heavy atom. The molecule has 1 N–H and O–H groups in total. The smallest absolute Gasteiger partial charge is 0.245 e. The Kier molecular flexibility index (Phi) is 9.50. The molecule has 0 saturated carbocycles. The van der Waals surface area contributed by atoms with Crippen molar-refractivity contribution in [1.82, 2.24) is 19.8 Å². The summed E-state index contributed by atoms with van der Waals surface area (Å²) in [5.41, 5.74) is 0. The summed E-state index contributed by atoms with van der Waals surface area (Å²) >= 11 is 0. The van der Waals surface area contributed by atoms with Gasteiger partial charge in [0.2, 0.25) is 24.1 Å². The van der Waals surface area contributed by atoms with E-state index >= 15 is 0 Å². The zero-order valence-electron chi connectivity index (χ0n) is 20.3. The first-order valence-corrected chi connectivity index (χ1v) is 12.2. The lowest BCUT2D eigenvalue weighted by Gasteiger charge is -2.38. The fourth-order valence-corrected chi connectivity index (χ4v) is 4.78. The maximum atomic E-state index is 13.4. The molecule has 2 aliphatic heterocycles. The Labute approximate surface area is 201 Å². The number of hydrogen-bond acceptors (Lipinski definition) is 7. The van der Waals surface area contributed by atoms with Gasteiger partial charge in [0.1, 0.15) is 11.9 Å². The molecule has 1 aromatic heterocycles. The highest BCUT2D eigenvalue weighted by atomic mass is 16.5. The van der Waals surface area contributed by atoms with E-state index in [-0.39, 0.29) is 18.4 Å². The summed E-state index contributed by atoms with van der Waals surface area (Å²) in [5.74, 6) is 0.703. The summed E-state index contributed by atoms with van der Waals surface area (Å²) < 4.78 is 5.21. The Morgan fingerprint density at radius 1 is 1.24 bits per heavy atom. The number of amides is 3. The van der Waals surface area contributed by atoms with Gasteiger partial charge in [-0.2, -0.15) is 4.98 Å². The van der Waals surface area contributed by atoms with Gasteiger partial charge >= 0.3 is 0 Å². The molecule has 0 aliphatic carbocycles. The number of anilines is 1. The molecule has 2 aliphatic rings. The Hall–Kier alpha value is -2.88. The van der Waals surface area contributed by atoms with E-state index in [9.17, 15) is 19.6 Å². The minimum atomic E-state index is -0.508. The van der Waals surface area contributed by atoms with Gasteiger partial charge in [-0.3, -0.25) is 19.6 Å². The normalized spacial score (nSPS) is 19.1. The molecule has 3 amide bonds. The van der Waals surface area contributed by atoms with E-state index in [4.69, 9.17) is 4.74 Å². The van der Waals surface area contributed by atoms with Gasteiger partial charge in [0.25, 0.3) is 0 Å². The topological polar surface area (TPSA) is 107 Å². The SMILES string of the molecule is CCCCC[C@H](CN(O)C=O)C(=O)N1CCC[C@H]1C(=O)N1CCN(c2cccc(OC)n2)CC1. The quantitative estimate of drug-likeness (QED) is 0.225. The van der Waals surface area contributed by atoms with Crippen LogP contribution in [-0.2, 0) is 14.4 Å². The first kappa shape index (κ1) is 25.7. The van der Waals surface area contributed by atoms with Gasteiger partial charge < -0.3 is 19.4 Å². The van der Waals surface area contributed by atoms with Crippen LogP contribution in [0.15, 0.2) is 18.2 Å². The number of pyridine rings is 1. The molecule has 0 radical (unpaired) electrons. The zero-order chi connectivity index (χ0) is 24.5. The molecule has 0 bridgehead atoms. The maximum Gasteiger partial charge on any atom is 0.245 e. The monoisotopic (exact) mass is 475 g/mol. The second kappa shape index (κ2) is 12.5. The fourth-order valence-electron chi connectivity index (χ4n) is 4.78. The number of hydroxylamine groups is 2. The lowest BCUT2D eigenvalue weighted by molar-refractivity contribution is -0.158. The summed E-state index contributed by atoms with van der Waals surface area (Å²) in [7, 11) is 1.59. The van der Waals surface area contributed by atoms with Crippen LogP contribution in [0.25, 0.3) is 0 Å². The lowest BCUT2D eigenvalue weighted by atomic mass is 9.98. The first-order valence-electron chi connectivity index (χ1n) is 12.2. The largest absolute Gasteiger partial charge is 0.481 e. The summed E-state index contributed by atoms with van der Waals surface area (Å²) in [6, 6.07) is 5.15. The van der Waals surface area contributed by atoms with E-state index in [2.05, 4.69) is 16.8 Å². The van der Waals surface area contributed by atoms with Crippen LogP contribution < -0.4 is 9.64 Å². The van der Waals surface area contributed by atoms with Gasteiger partial charge in [-0.25, -0.2) is 5.06 Å². The molecule has 188 valence electrons. The molecule has 0 unspecified atom stereocenters. The van der Waals surface area contributed by atoms with Crippen molar-refractivity contribution in [2.75, 3.05) is 51.3 Å². The van der Waals surface area contributed by atoms with Crippen LogP contribution >= 0.6 is 0 Å². The Bertz CT molecular complexity index is 830. The van der Waals surface area contributed by atoms with Crippen LogP contribution in [0.5, 0.6) is 5.88 Å². The van der Waals surface area contributed by atoms with Gasteiger partial charge in [0.15, 0.2) is 0 Å². The molecule has 10 nitrogen and oxygen atoms in total. The maximum absolute atomic E-state index is 13.4. The van der Waals surface area contributed by atoms with Crippen molar-refractivity contribution in [3.05, 3.63) is 18.2 Å². The van der Waals surface area contributed by atoms with Crippen LogP contribution in [-0.4, -0.2) is 95.7 Å². The molecule has 2 saturated heterocycles. The number of likely N-dealkylation sites (tertiary alicyclic amines) is 1. The molecular formula is C24H37N5O5. The summed E-state index contributed by atoms with van der Waals surface area (Å²) in [4.78, 5) is 47.8. The second-order valence-electron chi connectivity index (χ2n) is 8.96. The minimum absolute atomic E-state index is 0.0207. The van der Waals surface area contributed by atoms with Crippen LogP contribution in [0.3, 0.4) is 0 Å². The van der Waals surface area contributed by atoms with Crippen LogP contribution in [0.2, 0.25) is 0 Å². The minimum Gasteiger partial charge on any atom is -0.481 e. The van der Waals surface area contributed by atoms with Crippen molar-refractivity contribution in [2.24, 2.45) is 5.92 Å². The van der Waals surface area contributed by atoms with E-state index in [0.29, 0.717) is 62.9 Å². The predicted molar refractivity (Wildman–Crippen MR) is 127 cm³/mol. The van der Waals surface area contributed by atoms with Crippen molar-refractivity contribution in [1.29, 1.82) is 0 Å². The molecule has 0 aromatic carbocycles. The predicted octanol–water partition coefficient (Wildman–Crippen LogP) is 1.77. The van der Waals surface area contributed by atoms with Crippen LogP contribution in [0, 0.1) is 5.92 Å². The second-order valence-corrected chi connectivity index (χ2v) is 8.96. The van der Waals surface area contributed by atoms with Crippen LogP contribution in [0.1, 0.15) is 45.4 Å². The van der Waals surface area contributed by atoms with E-state index in [1.807, 2.05) is 17.0 Å². The number of rotatable bonds is 11. The molecule has 3 rings (SSSR count). The molecule has 2 fully saturated rings. The molecule has 10 heteroatoms. The Balaban J connectivity index is 1.61. The average molecular weight is 476 g/mol. The summed E-state index contributed by atoms with van der Waals surface area (Å²) in [5, 5.41) is 10.2. The van der Waals surface area contributed by atoms with Gasteiger partial charge in [0, 0.05) is 38.8 Å². The van der Waals surface area contributed by atoms with Gasteiger partial charge in [-0.15, -0.1) is 0 Å². The van der Waals surface area contributed by atoms with Crippen molar-refractivity contribution < 1.29 is 24.3 Å². The fraction of sp³-hybridized carbons (Fsp3) is 0.667. The number of piperazine rings is 1. The highest BCUT2D eigenvalue weighted by molar-refractivity contribution is 5.89. The molecular weight excluding hydrogens is 438 g/mol. The molecule has 3 heterocycles. The first-order chi connectivity index (χ1) is 16.5. The molecule has 34 heavy (non-hydrogen) atoms. The number of methoxy groups -OCH3 is 1. The van der Waals surface area contributed by atoms with Crippen molar-refractivity contribution in [2.45, 2.75) is 51.5 Å². The highest BCUT2D eigenvalue weighted by Gasteiger charge is 2.39. The average Bonchev–Trinajstić information content (AvgIpc) is 3.37. The number of carbonyl (C=O) groups is 3. The summed E-state index contributed by atoms with van der Waals surface area (Å²) in [6.45, 7) is 5.00. The lowest BCUT2D eigenvalue weighted by Crippen LogP contribution is -2.55. The zero-order valence-corrected chi connectivity index (χ0v) is 20.3.